The maximum absolute atomic E-state index is 11.0. The molecule has 0 heterocycles. The molecule has 0 aromatic heterocycles. The molecule has 0 spiro atoms. The van der Waals surface area contributed by atoms with Gasteiger partial charge in [0, 0.05) is 6.54 Å². The van der Waals surface area contributed by atoms with Crippen molar-refractivity contribution in [2.75, 3.05) is 27.2 Å². The van der Waals surface area contributed by atoms with Gasteiger partial charge in [-0.05, 0) is 45.3 Å². The van der Waals surface area contributed by atoms with Crippen LogP contribution in [-0.2, 0) is 4.79 Å². The van der Waals surface area contributed by atoms with Gasteiger partial charge in [0.15, 0.2) is 0 Å². The fourth-order valence-corrected chi connectivity index (χ4v) is 1.92. The zero-order chi connectivity index (χ0) is 11.4. The largest absolute Gasteiger partial charge is 0.368 e. The zero-order valence-corrected chi connectivity index (χ0v) is 9.99. The first-order valence-electron chi connectivity index (χ1n) is 5.69. The van der Waals surface area contributed by atoms with Gasteiger partial charge in [-0.25, -0.2) is 0 Å². The molecule has 0 aromatic carbocycles. The molecule has 88 valence electrons. The number of primary amides is 1. The molecule has 1 fully saturated rings. The van der Waals surface area contributed by atoms with E-state index in [2.05, 4.69) is 24.2 Å². The number of carbonyl (C=O) groups is 1. The van der Waals surface area contributed by atoms with Crippen molar-refractivity contribution in [2.45, 2.75) is 25.8 Å². The van der Waals surface area contributed by atoms with Gasteiger partial charge in [-0.2, -0.15) is 0 Å². The summed E-state index contributed by atoms with van der Waals surface area (Å²) in [5.41, 5.74) is 5.25. The number of rotatable bonds is 7. The average molecular weight is 213 g/mol. The Morgan fingerprint density at radius 3 is 2.67 bits per heavy atom. The molecule has 3 atom stereocenters. The van der Waals surface area contributed by atoms with Crippen molar-refractivity contribution in [1.82, 2.24) is 10.2 Å². The standard InChI is InChI=1S/C11H23N3O/c1-8-6-9(8)7-14(3)5-4-10(13-2)11(12)15/h8-10,13H,4-7H2,1-3H3,(H2,12,15). The minimum atomic E-state index is -0.259. The first-order chi connectivity index (χ1) is 7.04. The van der Waals surface area contributed by atoms with Gasteiger partial charge in [-0.3, -0.25) is 4.79 Å². The lowest BCUT2D eigenvalue weighted by atomic mass is 10.2. The molecule has 0 bridgehead atoms. The molecule has 1 amide bonds. The van der Waals surface area contributed by atoms with Crippen molar-refractivity contribution >= 4 is 5.91 Å². The highest BCUT2D eigenvalue weighted by Crippen LogP contribution is 2.37. The Balaban J connectivity index is 2.14. The second-order valence-electron chi connectivity index (χ2n) is 4.77. The van der Waals surface area contributed by atoms with Crippen LogP contribution in [0.25, 0.3) is 0 Å². The molecule has 4 nitrogen and oxygen atoms in total. The molecule has 1 saturated carbocycles. The van der Waals surface area contributed by atoms with Crippen LogP contribution in [0.5, 0.6) is 0 Å². The summed E-state index contributed by atoms with van der Waals surface area (Å²) in [4.78, 5) is 13.3. The molecule has 3 N–H and O–H groups in total. The summed E-state index contributed by atoms with van der Waals surface area (Å²) in [5.74, 6) is 1.51. The minimum Gasteiger partial charge on any atom is -0.368 e. The van der Waals surface area contributed by atoms with Crippen LogP contribution in [0, 0.1) is 11.8 Å². The maximum Gasteiger partial charge on any atom is 0.234 e. The first-order valence-corrected chi connectivity index (χ1v) is 5.69. The number of likely N-dealkylation sites (N-methyl/N-ethyl adjacent to an activating group) is 1. The van der Waals surface area contributed by atoms with Crippen LogP contribution in [0.2, 0.25) is 0 Å². The van der Waals surface area contributed by atoms with Crippen molar-refractivity contribution in [3.63, 3.8) is 0 Å². The average Bonchev–Trinajstić information content (AvgIpc) is 2.82. The topological polar surface area (TPSA) is 58.4 Å². The summed E-state index contributed by atoms with van der Waals surface area (Å²) in [6.45, 7) is 4.37. The van der Waals surface area contributed by atoms with Gasteiger partial charge in [0.1, 0.15) is 0 Å². The highest BCUT2D eigenvalue weighted by molar-refractivity contribution is 5.79. The lowest BCUT2D eigenvalue weighted by molar-refractivity contribution is -0.120. The smallest absolute Gasteiger partial charge is 0.234 e. The summed E-state index contributed by atoms with van der Waals surface area (Å²) >= 11 is 0. The number of nitrogens with one attached hydrogen (secondary N) is 1. The lowest BCUT2D eigenvalue weighted by Gasteiger charge is -2.19. The molecular formula is C11H23N3O. The predicted octanol–water partition coefficient (Wildman–Crippen LogP) is 0.0376. The first kappa shape index (κ1) is 12.5. The van der Waals surface area contributed by atoms with Gasteiger partial charge in [0.05, 0.1) is 6.04 Å². The lowest BCUT2D eigenvalue weighted by Crippen LogP contribution is -2.41. The summed E-state index contributed by atoms with van der Waals surface area (Å²) in [7, 11) is 3.89. The predicted molar refractivity (Wildman–Crippen MR) is 61.4 cm³/mol. The van der Waals surface area contributed by atoms with E-state index in [1.807, 2.05) is 0 Å². The number of carbonyl (C=O) groups excluding carboxylic acids is 1. The number of nitrogens with two attached hydrogens (primary N) is 1. The Bertz CT molecular complexity index is 220. The van der Waals surface area contributed by atoms with E-state index in [4.69, 9.17) is 5.73 Å². The van der Waals surface area contributed by atoms with Crippen molar-refractivity contribution in [3.05, 3.63) is 0 Å². The third-order valence-electron chi connectivity index (χ3n) is 3.31. The highest BCUT2D eigenvalue weighted by atomic mass is 16.1. The van der Waals surface area contributed by atoms with Gasteiger partial charge in [-0.1, -0.05) is 6.92 Å². The summed E-state index contributed by atoms with van der Waals surface area (Å²) in [5, 5.41) is 2.93. The van der Waals surface area contributed by atoms with Crippen molar-refractivity contribution in [3.8, 4) is 0 Å². The van der Waals surface area contributed by atoms with Gasteiger partial charge < -0.3 is 16.0 Å². The third kappa shape index (κ3) is 4.18. The Morgan fingerprint density at radius 1 is 1.67 bits per heavy atom. The normalized spacial score (nSPS) is 26.7. The summed E-state index contributed by atoms with van der Waals surface area (Å²) < 4.78 is 0. The summed E-state index contributed by atoms with van der Waals surface area (Å²) in [6, 6.07) is -0.191. The zero-order valence-electron chi connectivity index (χ0n) is 9.99. The third-order valence-corrected chi connectivity index (χ3v) is 3.31. The maximum atomic E-state index is 11.0. The molecule has 0 saturated heterocycles. The van der Waals surface area contributed by atoms with Crippen molar-refractivity contribution in [2.24, 2.45) is 17.6 Å². The van der Waals surface area contributed by atoms with E-state index in [1.165, 1.54) is 6.42 Å². The van der Waals surface area contributed by atoms with Crippen LogP contribution in [0.3, 0.4) is 0 Å². The fraction of sp³-hybridized carbons (Fsp3) is 0.909. The molecule has 1 aliphatic rings. The van der Waals surface area contributed by atoms with Gasteiger partial charge in [-0.15, -0.1) is 0 Å². The van der Waals surface area contributed by atoms with Gasteiger partial charge >= 0.3 is 0 Å². The molecule has 0 aromatic rings. The second kappa shape index (κ2) is 5.47. The molecular weight excluding hydrogens is 190 g/mol. The minimum absolute atomic E-state index is 0.191. The van der Waals surface area contributed by atoms with E-state index in [1.54, 1.807) is 7.05 Å². The van der Waals surface area contributed by atoms with Crippen LogP contribution in [0.4, 0.5) is 0 Å². The monoisotopic (exact) mass is 213 g/mol. The second-order valence-corrected chi connectivity index (χ2v) is 4.77. The van der Waals surface area contributed by atoms with Crippen molar-refractivity contribution < 1.29 is 4.79 Å². The molecule has 1 rings (SSSR count). The number of hydrogen-bond acceptors (Lipinski definition) is 3. The number of nitrogens with zero attached hydrogens (tertiary/aromatic N) is 1. The van der Waals surface area contributed by atoms with Crippen LogP contribution in [-0.4, -0.2) is 44.0 Å². The number of amides is 1. The molecule has 4 heteroatoms. The molecule has 0 aliphatic heterocycles. The highest BCUT2D eigenvalue weighted by Gasteiger charge is 2.33. The van der Waals surface area contributed by atoms with Crippen LogP contribution in [0.15, 0.2) is 0 Å². The molecule has 3 unspecified atom stereocenters. The van der Waals surface area contributed by atoms with Gasteiger partial charge in [0.25, 0.3) is 0 Å². The molecule has 15 heavy (non-hydrogen) atoms. The van der Waals surface area contributed by atoms with Crippen molar-refractivity contribution in [1.29, 1.82) is 0 Å². The van der Waals surface area contributed by atoms with E-state index in [0.29, 0.717) is 0 Å². The SMILES string of the molecule is CNC(CCN(C)CC1CC1C)C(N)=O. The Hall–Kier alpha value is -0.610. The van der Waals surface area contributed by atoms with E-state index in [0.717, 1.165) is 31.3 Å². The van der Waals surface area contributed by atoms with E-state index in [9.17, 15) is 4.79 Å². The van der Waals surface area contributed by atoms with E-state index < -0.39 is 0 Å². The van der Waals surface area contributed by atoms with Gasteiger partial charge in [0.2, 0.25) is 5.91 Å². The van der Waals surface area contributed by atoms with E-state index >= 15 is 0 Å². The van der Waals surface area contributed by atoms with Crippen LogP contribution < -0.4 is 11.1 Å². The molecule has 1 aliphatic carbocycles. The van der Waals surface area contributed by atoms with Crippen LogP contribution in [0.1, 0.15) is 19.8 Å². The fourth-order valence-electron chi connectivity index (χ4n) is 1.92. The Labute approximate surface area is 92.2 Å². The number of hydrogen-bond donors (Lipinski definition) is 2. The summed E-state index contributed by atoms with van der Waals surface area (Å²) in [6.07, 6.45) is 2.15. The van der Waals surface area contributed by atoms with Crippen LogP contribution >= 0.6 is 0 Å². The molecule has 0 radical (unpaired) electrons. The van der Waals surface area contributed by atoms with E-state index in [-0.39, 0.29) is 11.9 Å². The Morgan fingerprint density at radius 2 is 2.27 bits per heavy atom. The quantitative estimate of drug-likeness (QED) is 0.627. The Kier molecular flexibility index (Phi) is 4.54.